The summed E-state index contributed by atoms with van der Waals surface area (Å²) in [6.45, 7) is 12.7. The van der Waals surface area contributed by atoms with E-state index in [1.165, 1.54) is 57.9 Å². The molecule has 0 radical (unpaired) electrons. The second-order valence-electron chi connectivity index (χ2n) is 6.64. The Balaban J connectivity index is 3.08. The van der Waals surface area contributed by atoms with Crippen LogP contribution < -0.4 is 5.32 Å². The number of hydrogen-bond acceptors (Lipinski definition) is 1. The van der Waals surface area contributed by atoms with E-state index in [4.69, 9.17) is 0 Å². The lowest BCUT2D eigenvalue weighted by molar-refractivity contribution is 0.418. The van der Waals surface area contributed by atoms with Crippen LogP contribution in [0.3, 0.4) is 0 Å². The van der Waals surface area contributed by atoms with Crippen LogP contribution in [0.1, 0.15) is 86.0 Å². The Morgan fingerprint density at radius 1 is 0.667 bits per heavy atom. The second kappa shape index (κ2) is 12.0. The molecule has 0 spiro atoms. The van der Waals surface area contributed by atoms with Crippen LogP contribution in [0.4, 0.5) is 0 Å². The first-order chi connectivity index (χ1) is 8.54. The van der Waals surface area contributed by atoms with E-state index in [1.807, 2.05) is 0 Å². The minimum atomic E-state index is 0.668. The monoisotopic (exact) mass is 255 g/mol. The summed E-state index contributed by atoms with van der Waals surface area (Å²) in [5.74, 6) is 1.64. The van der Waals surface area contributed by atoms with Crippen molar-refractivity contribution in [2.24, 2.45) is 11.8 Å². The Labute approximate surface area is 116 Å². The molecule has 0 saturated heterocycles. The van der Waals surface area contributed by atoms with Crippen LogP contribution in [-0.4, -0.2) is 12.6 Å². The molecule has 1 N–H and O–H groups in total. The number of rotatable bonds is 12. The molecule has 110 valence electrons. The molecule has 1 unspecified atom stereocenters. The molecule has 0 aromatic rings. The molecule has 0 aliphatic carbocycles. The van der Waals surface area contributed by atoms with Gasteiger partial charge in [-0.05, 0) is 31.7 Å². The lowest BCUT2D eigenvalue weighted by atomic mass is 10.0. The van der Waals surface area contributed by atoms with Crippen LogP contribution >= 0.6 is 0 Å². The average Bonchev–Trinajstić information content (AvgIpc) is 2.30. The normalized spacial score (nSPS) is 13.5. The Morgan fingerprint density at radius 3 is 1.67 bits per heavy atom. The second-order valence-corrected chi connectivity index (χ2v) is 6.64. The van der Waals surface area contributed by atoms with Crippen molar-refractivity contribution in [1.29, 1.82) is 0 Å². The average molecular weight is 255 g/mol. The van der Waals surface area contributed by atoms with Crippen LogP contribution in [0.5, 0.6) is 0 Å². The molecule has 0 saturated carbocycles. The topological polar surface area (TPSA) is 12.0 Å². The molecule has 18 heavy (non-hydrogen) atoms. The van der Waals surface area contributed by atoms with Gasteiger partial charge < -0.3 is 5.32 Å². The highest BCUT2D eigenvalue weighted by molar-refractivity contribution is 4.63. The van der Waals surface area contributed by atoms with Gasteiger partial charge in [-0.15, -0.1) is 0 Å². The molecular formula is C17H37N. The van der Waals surface area contributed by atoms with E-state index in [0.29, 0.717) is 6.04 Å². The number of hydrogen-bond donors (Lipinski definition) is 1. The smallest absolute Gasteiger partial charge is 0.00617 e. The summed E-state index contributed by atoms with van der Waals surface area (Å²) in [5.41, 5.74) is 0. The molecule has 0 amide bonds. The molecule has 0 aliphatic heterocycles. The van der Waals surface area contributed by atoms with Crippen LogP contribution in [-0.2, 0) is 0 Å². The number of nitrogens with one attached hydrogen (secondary N) is 1. The van der Waals surface area contributed by atoms with E-state index in [0.717, 1.165) is 11.8 Å². The summed E-state index contributed by atoms with van der Waals surface area (Å²) in [6, 6.07) is 0.668. The van der Waals surface area contributed by atoms with E-state index in [1.54, 1.807) is 0 Å². The molecule has 0 aromatic carbocycles. The van der Waals surface area contributed by atoms with Crippen LogP contribution in [0, 0.1) is 11.8 Å². The first-order valence-corrected chi connectivity index (χ1v) is 8.27. The zero-order valence-corrected chi connectivity index (χ0v) is 13.6. The summed E-state index contributed by atoms with van der Waals surface area (Å²) in [4.78, 5) is 0. The van der Waals surface area contributed by atoms with Gasteiger partial charge in [-0.2, -0.15) is 0 Å². The van der Waals surface area contributed by atoms with Crippen molar-refractivity contribution in [2.75, 3.05) is 6.54 Å². The molecule has 1 nitrogen and oxygen atoms in total. The van der Waals surface area contributed by atoms with Gasteiger partial charge in [0.25, 0.3) is 0 Å². The Bertz CT molecular complexity index is 163. The largest absolute Gasteiger partial charge is 0.314 e. The first kappa shape index (κ1) is 18.0. The SMILES string of the molecule is CC(C)CCCCCCCCCNC(C)C(C)C. The summed E-state index contributed by atoms with van der Waals surface area (Å²) < 4.78 is 0. The Hall–Kier alpha value is -0.0400. The molecule has 0 rings (SSSR count). The first-order valence-electron chi connectivity index (χ1n) is 8.27. The maximum atomic E-state index is 3.61. The zero-order valence-electron chi connectivity index (χ0n) is 13.6. The summed E-state index contributed by atoms with van der Waals surface area (Å²) in [7, 11) is 0. The predicted octanol–water partition coefficient (Wildman–Crippen LogP) is 5.40. The van der Waals surface area contributed by atoms with Gasteiger partial charge in [-0.1, -0.05) is 72.6 Å². The summed E-state index contributed by atoms with van der Waals surface area (Å²) >= 11 is 0. The lowest BCUT2D eigenvalue weighted by Crippen LogP contribution is -2.31. The third-order valence-electron chi connectivity index (χ3n) is 3.92. The fourth-order valence-electron chi connectivity index (χ4n) is 2.13. The van der Waals surface area contributed by atoms with Gasteiger partial charge in [0, 0.05) is 6.04 Å². The van der Waals surface area contributed by atoms with E-state index < -0.39 is 0 Å². The molecule has 0 bridgehead atoms. The van der Waals surface area contributed by atoms with Crippen molar-refractivity contribution in [1.82, 2.24) is 5.32 Å². The zero-order chi connectivity index (χ0) is 13.8. The molecule has 0 heterocycles. The van der Waals surface area contributed by atoms with Crippen molar-refractivity contribution in [3.8, 4) is 0 Å². The molecule has 0 aromatic heterocycles. The Kier molecular flexibility index (Phi) is 12.0. The van der Waals surface area contributed by atoms with E-state index in [2.05, 4.69) is 39.9 Å². The van der Waals surface area contributed by atoms with Crippen LogP contribution in [0.25, 0.3) is 0 Å². The molecular weight excluding hydrogens is 218 g/mol. The predicted molar refractivity (Wildman–Crippen MR) is 84.1 cm³/mol. The van der Waals surface area contributed by atoms with E-state index >= 15 is 0 Å². The molecule has 1 heteroatoms. The highest BCUT2D eigenvalue weighted by Gasteiger charge is 2.04. The van der Waals surface area contributed by atoms with Crippen molar-refractivity contribution in [2.45, 2.75) is 92.0 Å². The summed E-state index contributed by atoms with van der Waals surface area (Å²) in [6.07, 6.45) is 11.4. The van der Waals surface area contributed by atoms with Crippen LogP contribution in [0.15, 0.2) is 0 Å². The van der Waals surface area contributed by atoms with Gasteiger partial charge in [-0.25, -0.2) is 0 Å². The van der Waals surface area contributed by atoms with Gasteiger partial charge in [-0.3, -0.25) is 0 Å². The van der Waals surface area contributed by atoms with Crippen molar-refractivity contribution < 1.29 is 0 Å². The lowest BCUT2D eigenvalue weighted by Gasteiger charge is -2.17. The van der Waals surface area contributed by atoms with Gasteiger partial charge in [0.1, 0.15) is 0 Å². The van der Waals surface area contributed by atoms with E-state index in [9.17, 15) is 0 Å². The molecule has 0 aliphatic rings. The fourth-order valence-corrected chi connectivity index (χ4v) is 2.13. The minimum absolute atomic E-state index is 0.668. The molecule has 1 atom stereocenters. The van der Waals surface area contributed by atoms with Crippen molar-refractivity contribution in [3.05, 3.63) is 0 Å². The molecule has 0 fully saturated rings. The number of unbranched alkanes of at least 4 members (excludes halogenated alkanes) is 6. The maximum Gasteiger partial charge on any atom is 0.00617 e. The Morgan fingerprint density at radius 2 is 1.17 bits per heavy atom. The van der Waals surface area contributed by atoms with Gasteiger partial charge in [0.15, 0.2) is 0 Å². The fraction of sp³-hybridized carbons (Fsp3) is 1.00. The minimum Gasteiger partial charge on any atom is -0.314 e. The highest BCUT2D eigenvalue weighted by atomic mass is 14.9. The van der Waals surface area contributed by atoms with Gasteiger partial charge in [0.05, 0.1) is 0 Å². The van der Waals surface area contributed by atoms with Gasteiger partial charge in [0.2, 0.25) is 0 Å². The van der Waals surface area contributed by atoms with Crippen molar-refractivity contribution in [3.63, 3.8) is 0 Å². The van der Waals surface area contributed by atoms with Crippen LogP contribution in [0.2, 0.25) is 0 Å². The van der Waals surface area contributed by atoms with Crippen molar-refractivity contribution >= 4 is 0 Å². The third kappa shape index (κ3) is 12.4. The van der Waals surface area contributed by atoms with Gasteiger partial charge >= 0.3 is 0 Å². The highest BCUT2D eigenvalue weighted by Crippen LogP contribution is 2.11. The quantitative estimate of drug-likeness (QED) is 0.461. The standard InChI is InChI=1S/C17H37N/c1-15(2)13-11-9-7-6-8-10-12-14-18-17(5)16(3)4/h15-18H,6-14H2,1-5H3. The summed E-state index contributed by atoms with van der Waals surface area (Å²) in [5, 5.41) is 3.61. The third-order valence-corrected chi connectivity index (χ3v) is 3.92. The maximum absolute atomic E-state index is 3.61. The van der Waals surface area contributed by atoms with E-state index in [-0.39, 0.29) is 0 Å².